The molecule has 5 heteroatoms. The van der Waals surface area contributed by atoms with E-state index in [0.717, 1.165) is 25.0 Å². The van der Waals surface area contributed by atoms with Gasteiger partial charge in [0, 0.05) is 5.69 Å². The van der Waals surface area contributed by atoms with Crippen LogP contribution in [0.3, 0.4) is 0 Å². The fourth-order valence-corrected chi connectivity index (χ4v) is 3.55. The van der Waals surface area contributed by atoms with Crippen molar-refractivity contribution in [2.45, 2.75) is 64.5 Å². The van der Waals surface area contributed by atoms with Crippen LogP contribution in [-0.2, 0) is 11.2 Å². The van der Waals surface area contributed by atoms with E-state index in [4.69, 9.17) is 0 Å². The predicted octanol–water partition coefficient (Wildman–Crippen LogP) is 2.22. The molecule has 112 valence electrons. The third-order valence-corrected chi connectivity index (χ3v) is 4.79. The molecular weight excluding hydrogens is 254 g/mol. The largest absolute Gasteiger partial charge is 0.480 e. The predicted molar refractivity (Wildman–Crippen MR) is 78.0 cm³/mol. The van der Waals surface area contributed by atoms with Gasteiger partial charge in [-0.05, 0) is 58.6 Å². The number of nitrogens with zero attached hydrogens (tertiary/aromatic N) is 2. The average molecular weight is 279 g/mol. The van der Waals surface area contributed by atoms with Gasteiger partial charge in [0.05, 0.1) is 11.7 Å². The molecule has 5 nitrogen and oxygen atoms in total. The lowest BCUT2D eigenvalue weighted by atomic mass is 9.79. The molecule has 1 aliphatic rings. The highest BCUT2D eigenvalue weighted by atomic mass is 16.4. The van der Waals surface area contributed by atoms with E-state index in [-0.39, 0.29) is 6.04 Å². The van der Waals surface area contributed by atoms with Gasteiger partial charge in [-0.25, -0.2) is 0 Å². The second-order valence-corrected chi connectivity index (χ2v) is 5.83. The van der Waals surface area contributed by atoms with Crippen LogP contribution in [-0.4, -0.2) is 33.4 Å². The number of carboxylic acids is 1. The van der Waals surface area contributed by atoms with Gasteiger partial charge >= 0.3 is 5.97 Å². The van der Waals surface area contributed by atoms with Crippen molar-refractivity contribution in [2.75, 3.05) is 7.05 Å². The minimum Gasteiger partial charge on any atom is -0.480 e. The van der Waals surface area contributed by atoms with Gasteiger partial charge in [-0.15, -0.1) is 0 Å². The van der Waals surface area contributed by atoms with E-state index < -0.39 is 11.5 Å². The first-order valence-corrected chi connectivity index (χ1v) is 7.42. The van der Waals surface area contributed by atoms with Gasteiger partial charge in [0.1, 0.15) is 5.54 Å². The number of aliphatic carboxylic acids is 1. The maximum absolute atomic E-state index is 11.6. The number of aromatic nitrogens is 2. The fourth-order valence-electron chi connectivity index (χ4n) is 3.55. The number of hydrogen-bond acceptors (Lipinski definition) is 3. The SMILES string of the molecule is CCc1c(C)nn(C2CCCC(NC)(C(=O)O)C2)c1C. The number of nitrogens with one attached hydrogen (secondary N) is 1. The minimum atomic E-state index is -0.804. The van der Waals surface area contributed by atoms with Crippen molar-refractivity contribution in [3.8, 4) is 0 Å². The molecular formula is C15H25N3O2. The molecule has 0 aliphatic heterocycles. The highest BCUT2D eigenvalue weighted by Crippen LogP contribution is 2.36. The van der Waals surface area contributed by atoms with E-state index in [1.807, 2.05) is 6.92 Å². The van der Waals surface area contributed by atoms with Gasteiger partial charge in [0.15, 0.2) is 0 Å². The number of likely N-dealkylation sites (N-methyl/N-ethyl adjacent to an activating group) is 1. The van der Waals surface area contributed by atoms with Crippen LogP contribution in [0.1, 0.15) is 55.6 Å². The Morgan fingerprint density at radius 1 is 1.55 bits per heavy atom. The van der Waals surface area contributed by atoms with Crippen molar-refractivity contribution in [1.29, 1.82) is 0 Å². The van der Waals surface area contributed by atoms with E-state index in [2.05, 4.69) is 28.9 Å². The second-order valence-electron chi connectivity index (χ2n) is 5.83. The molecule has 0 bridgehead atoms. The smallest absolute Gasteiger partial charge is 0.323 e. The summed E-state index contributed by atoms with van der Waals surface area (Å²) in [7, 11) is 1.75. The quantitative estimate of drug-likeness (QED) is 0.887. The molecule has 2 N–H and O–H groups in total. The van der Waals surface area contributed by atoms with Gasteiger partial charge in [0.2, 0.25) is 0 Å². The molecule has 0 aromatic carbocycles. The Bertz CT molecular complexity index is 509. The number of hydrogen-bond donors (Lipinski definition) is 2. The maximum Gasteiger partial charge on any atom is 0.323 e. The van der Waals surface area contributed by atoms with E-state index in [0.29, 0.717) is 12.8 Å². The molecule has 1 aromatic heterocycles. The molecule has 0 spiro atoms. The molecule has 1 aliphatic carbocycles. The highest BCUT2D eigenvalue weighted by Gasteiger charge is 2.42. The summed E-state index contributed by atoms with van der Waals surface area (Å²) in [5.74, 6) is -0.748. The van der Waals surface area contributed by atoms with Crippen molar-refractivity contribution in [3.05, 3.63) is 17.0 Å². The molecule has 1 saturated carbocycles. The van der Waals surface area contributed by atoms with Gasteiger partial charge in [-0.1, -0.05) is 6.92 Å². The minimum absolute atomic E-state index is 0.172. The van der Waals surface area contributed by atoms with Crippen molar-refractivity contribution in [1.82, 2.24) is 15.1 Å². The van der Waals surface area contributed by atoms with Crippen LogP contribution >= 0.6 is 0 Å². The number of carboxylic acid groups (broad SMARTS) is 1. The summed E-state index contributed by atoms with van der Waals surface area (Å²) in [6, 6.07) is 0.172. The summed E-state index contributed by atoms with van der Waals surface area (Å²) < 4.78 is 2.06. The zero-order valence-electron chi connectivity index (χ0n) is 12.9. The van der Waals surface area contributed by atoms with Crippen LogP contribution in [0.25, 0.3) is 0 Å². The summed E-state index contributed by atoms with van der Waals surface area (Å²) in [5.41, 5.74) is 2.75. The van der Waals surface area contributed by atoms with Crippen molar-refractivity contribution < 1.29 is 9.90 Å². The van der Waals surface area contributed by atoms with E-state index >= 15 is 0 Å². The van der Waals surface area contributed by atoms with Crippen molar-refractivity contribution in [2.24, 2.45) is 0 Å². The Morgan fingerprint density at radius 2 is 2.25 bits per heavy atom. The van der Waals surface area contributed by atoms with Gasteiger partial charge in [-0.2, -0.15) is 5.10 Å². The lowest BCUT2D eigenvalue weighted by Gasteiger charge is -2.37. The average Bonchev–Trinajstić information content (AvgIpc) is 2.73. The summed E-state index contributed by atoms with van der Waals surface area (Å²) in [4.78, 5) is 11.6. The highest BCUT2D eigenvalue weighted by molar-refractivity contribution is 5.79. The third-order valence-electron chi connectivity index (χ3n) is 4.79. The van der Waals surface area contributed by atoms with E-state index in [1.54, 1.807) is 7.05 Å². The zero-order valence-corrected chi connectivity index (χ0v) is 12.9. The molecule has 0 saturated heterocycles. The lowest BCUT2D eigenvalue weighted by Crippen LogP contribution is -2.53. The van der Waals surface area contributed by atoms with E-state index in [9.17, 15) is 9.90 Å². The van der Waals surface area contributed by atoms with Crippen LogP contribution in [0.5, 0.6) is 0 Å². The Labute approximate surface area is 120 Å². The Morgan fingerprint density at radius 3 is 2.75 bits per heavy atom. The molecule has 0 radical (unpaired) electrons. The first-order valence-electron chi connectivity index (χ1n) is 7.42. The van der Waals surface area contributed by atoms with Crippen LogP contribution in [0, 0.1) is 13.8 Å². The molecule has 2 atom stereocenters. The topological polar surface area (TPSA) is 67.2 Å². The molecule has 2 rings (SSSR count). The molecule has 20 heavy (non-hydrogen) atoms. The lowest BCUT2D eigenvalue weighted by molar-refractivity contribution is -0.146. The van der Waals surface area contributed by atoms with Gasteiger partial charge < -0.3 is 10.4 Å². The molecule has 0 amide bonds. The molecule has 1 fully saturated rings. The normalized spacial score (nSPS) is 26.7. The first kappa shape index (κ1) is 15.0. The molecule has 1 aromatic rings. The summed E-state index contributed by atoms with van der Waals surface area (Å²) in [5, 5.41) is 17.2. The van der Waals surface area contributed by atoms with Crippen LogP contribution < -0.4 is 5.32 Å². The summed E-state index contributed by atoms with van der Waals surface area (Å²) in [6.07, 6.45) is 4.18. The molecule has 2 unspecified atom stereocenters. The standard InChI is InChI=1S/C15H25N3O2/c1-5-13-10(2)17-18(11(13)3)12-7-6-8-15(9-12,16-4)14(19)20/h12,16H,5-9H2,1-4H3,(H,19,20). The number of carbonyl (C=O) groups is 1. The zero-order chi connectivity index (χ0) is 14.9. The monoisotopic (exact) mass is 279 g/mol. The van der Waals surface area contributed by atoms with Crippen LogP contribution in [0.15, 0.2) is 0 Å². The number of aryl methyl sites for hydroxylation is 1. The van der Waals surface area contributed by atoms with Crippen molar-refractivity contribution >= 4 is 5.97 Å². The van der Waals surface area contributed by atoms with Crippen LogP contribution in [0.4, 0.5) is 0 Å². The van der Waals surface area contributed by atoms with Crippen LogP contribution in [0.2, 0.25) is 0 Å². The summed E-state index contributed by atoms with van der Waals surface area (Å²) >= 11 is 0. The number of rotatable bonds is 4. The van der Waals surface area contributed by atoms with Gasteiger partial charge in [0.25, 0.3) is 0 Å². The maximum atomic E-state index is 11.6. The Kier molecular flexibility index (Phi) is 4.18. The first-order chi connectivity index (χ1) is 9.45. The third kappa shape index (κ3) is 2.35. The summed E-state index contributed by atoms with van der Waals surface area (Å²) in [6.45, 7) is 6.26. The Hall–Kier alpha value is -1.36. The van der Waals surface area contributed by atoms with E-state index in [1.165, 1.54) is 11.3 Å². The molecule has 1 heterocycles. The Balaban J connectivity index is 2.32. The fraction of sp³-hybridized carbons (Fsp3) is 0.733. The van der Waals surface area contributed by atoms with Crippen molar-refractivity contribution in [3.63, 3.8) is 0 Å². The van der Waals surface area contributed by atoms with Gasteiger partial charge in [-0.3, -0.25) is 9.48 Å². The second kappa shape index (κ2) is 5.56.